The number of aliphatic hydroxyl groups is 7. The minimum Gasteiger partial charge on any atom is -0.477 e. The number of nitro groups is 1. The highest BCUT2D eigenvalue weighted by Gasteiger charge is 2.56. The number of nitrogens with zero attached hydrogens (tertiary/aromatic N) is 4. The molecule has 3 rings (SSSR count). The van der Waals surface area contributed by atoms with Gasteiger partial charge in [0.1, 0.15) is 48.5 Å². The fourth-order valence-corrected chi connectivity index (χ4v) is 4.19. The molecule has 2 saturated heterocycles. The maximum atomic E-state index is 12.2. The van der Waals surface area contributed by atoms with E-state index in [1.54, 1.807) is 0 Å². The first-order chi connectivity index (χ1) is 18.8. The van der Waals surface area contributed by atoms with Crippen LogP contribution in [0.4, 0.5) is 5.69 Å². The average Bonchev–Trinajstić information content (AvgIpc) is 2.93. The molecule has 19 heteroatoms. The molecule has 8 N–H and O–H groups in total. The Labute approximate surface area is 224 Å². The Balaban J connectivity index is 1.80. The Bertz CT molecular complexity index is 1090. The first-order valence-electron chi connectivity index (χ1n) is 11.7. The molecule has 0 radical (unpaired) electrons. The Morgan fingerprint density at radius 1 is 1.20 bits per heavy atom. The summed E-state index contributed by atoms with van der Waals surface area (Å²) in [5, 5.41) is 94.9. The molecule has 1 aromatic rings. The molecule has 0 unspecified atom stereocenters. The lowest BCUT2D eigenvalue weighted by Crippen LogP contribution is -2.65. The lowest BCUT2D eigenvalue weighted by molar-refractivity contribution is -0.384. The van der Waals surface area contributed by atoms with E-state index in [0.717, 1.165) is 12.1 Å². The number of aliphatic hydroxyl groups excluding tert-OH is 7. The van der Waals surface area contributed by atoms with E-state index in [0.29, 0.717) is 0 Å². The van der Waals surface area contributed by atoms with Crippen LogP contribution in [-0.4, -0.2) is 132 Å². The van der Waals surface area contributed by atoms with E-state index in [-0.39, 0.29) is 11.4 Å². The Morgan fingerprint density at radius 3 is 2.40 bits per heavy atom. The molecule has 222 valence electrons. The molecule has 0 aliphatic carbocycles. The number of azide groups is 1. The molecule has 0 amide bonds. The summed E-state index contributed by atoms with van der Waals surface area (Å²) in [6.07, 6.45) is -17.3. The highest BCUT2D eigenvalue weighted by molar-refractivity contribution is 5.76. The van der Waals surface area contributed by atoms with Crippen molar-refractivity contribution in [2.24, 2.45) is 5.11 Å². The zero-order chi connectivity index (χ0) is 29.8. The van der Waals surface area contributed by atoms with E-state index in [1.165, 1.54) is 12.1 Å². The second-order valence-corrected chi connectivity index (χ2v) is 9.04. The van der Waals surface area contributed by atoms with Gasteiger partial charge in [0.25, 0.3) is 11.5 Å². The van der Waals surface area contributed by atoms with Crippen LogP contribution in [0.2, 0.25) is 0 Å². The van der Waals surface area contributed by atoms with Crippen molar-refractivity contribution in [1.82, 2.24) is 0 Å². The molecule has 19 nitrogen and oxygen atoms in total. The zero-order valence-electron chi connectivity index (χ0n) is 20.4. The van der Waals surface area contributed by atoms with Gasteiger partial charge in [0, 0.05) is 23.5 Å². The third-order valence-electron chi connectivity index (χ3n) is 6.41. The van der Waals surface area contributed by atoms with Crippen molar-refractivity contribution in [2.75, 3.05) is 13.2 Å². The molecule has 0 aromatic heterocycles. The van der Waals surface area contributed by atoms with Crippen LogP contribution >= 0.6 is 0 Å². The van der Waals surface area contributed by atoms with Crippen LogP contribution in [0.15, 0.2) is 29.4 Å². The van der Waals surface area contributed by atoms with Crippen molar-refractivity contribution in [1.29, 1.82) is 0 Å². The smallest absolute Gasteiger partial charge is 0.364 e. The van der Waals surface area contributed by atoms with Gasteiger partial charge in [-0.05, 0) is 17.7 Å². The Kier molecular flexibility index (Phi) is 10.2. The largest absolute Gasteiger partial charge is 0.477 e. The standard InChI is InChI=1S/C21H28N4O15/c22-24-23-13-10(27)5-21(20(33)34,40-18(13)14(29)11(28)6-26)37-7-12-15(30)16(31)17(32)19(39-12)38-9-3-1-8(2-4-9)25(35)36/h1-4,10-19,26-32H,5-7H2,(H,33,34)/t10-,11+,12+,13+,14+,15-,16-,17+,18+,19+,21+/m0/s1. The third-order valence-corrected chi connectivity index (χ3v) is 6.41. The molecular weight excluding hydrogens is 548 g/mol. The van der Waals surface area contributed by atoms with Crippen molar-refractivity contribution in [2.45, 2.75) is 73.4 Å². The quantitative estimate of drug-likeness (QED) is 0.0431. The van der Waals surface area contributed by atoms with Gasteiger partial charge >= 0.3 is 5.97 Å². The highest BCUT2D eigenvalue weighted by Crippen LogP contribution is 2.36. The summed E-state index contributed by atoms with van der Waals surface area (Å²) >= 11 is 0. The minimum atomic E-state index is -2.78. The predicted octanol–water partition coefficient (Wildman–Crippen LogP) is -2.88. The number of carboxylic acid groups (broad SMARTS) is 1. The van der Waals surface area contributed by atoms with Gasteiger partial charge in [0.2, 0.25) is 6.29 Å². The topological polar surface area (TPSA) is 308 Å². The minimum absolute atomic E-state index is 0.0259. The van der Waals surface area contributed by atoms with Gasteiger partial charge in [-0.15, -0.1) is 0 Å². The third kappa shape index (κ3) is 6.57. The van der Waals surface area contributed by atoms with E-state index < -0.39 is 97.5 Å². The molecule has 1 aromatic carbocycles. The number of ether oxygens (including phenoxy) is 4. The molecule has 0 spiro atoms. The number of nitro benzene ring substituents is 1. The van der Waals surface area contributed by atoms with Crippen LogP contribution in [0.3, 0.4) is 0 Å². The summed E-state index contributed by atoms with van der Waals surface area (Å²) in [7, 11) is 0. The lowest BCUT2D eigenvalue weighted by Gasteiger charge is -2.46. The van der Waals surface area contributed by atoms with E-state index >= 15 is 0 Å². The van der Waals surface area contributed by atoms with Crippen LogP contribution in [0, 0.1) is 10.1 Å². The molecule has 0 bridgehead atoms. The number of hydrogen-bond acceptors (Lipinski definition) is 15. The normalized spacial score (nSPS) is 35.7. The van der Waals surface area contributed by atoms with E-state index in [2.05, 4.69) is 10.0 Å². The van der Waals surface area contributed by atoms with Crippen molar-refractivity contribution in [3.63, 3.8) is 0 Å². The Hall–Kier alpha value is -3.20. The summed E-state index contributed by atoms with van der Waals surface area (Å²) in [4.78, 5) is 24.9. The number of aliphatic carboxylic acids is 1. The van der Waals surface area contributed by atoms with Crippen molar-refractivity contribution < 1.29 is 69.5 Å². The number of rotatable bonds is 11. The van der Waals surface area contributed by atoms with E-state index in [1.807, 2.05) is 0 Å². The molecule has 2 heterocycles. The van der Waals surface area contributed by atoms with Crippen LogP contribution in [0.5, 0.6) is 5.75 Å². The summed E-state index contributed by atoms with van der Waals surface area (Å²) in [6, 6.07) is 2.95. The van der Waals surface area contributed by atoms with E-state index in [9.17, 15) is 50.7 Å². The SMILES string of the molecule is [N-]=[N+]=N[C@H]1[C@H]([C@H](O)[C@H](O)CO)O[C@@](OC[C@H]2O[C@@H](Oc3ccc([N+](=O)[O-])cc3)[C@H](O)[C@@H](O)[C@H]2O)(C(=O)O)C[C@@H]1O. The van der Waals surface area contributed by atoms with Crippen molar-refractivity contribution in [3.05, 3.63) is 44.8 Å². The lowest BCUT2D eigenvalue weighted by atomic mass is 9.89. The molecule has 0 saturated carbocycles. The van der Waals surface area contributed by atoms with Gasteiger partial charge in [0.05, 0.1) is 30.3 Å². The summed E-state index contributed by atoms with van der Waals surface area (Å²) in [5.74, 6) is -4.64. The Morgan fingerprint density at radius 2 is 1.85 bits per heavy atom. The number of hydrogen-bond donors (Lipinski definition) is 8. The zero-order valence-corrected chi connectivity index (χ0v) is 20.4. The highest BCUT2D eigenvalue weighted by atomic mass is 16.7. The van der Waals surface area contributed by atoms with Gasteiger partial charge < -0.3 is 59.8 Å². The fourth-order valence-electron chi connectivity index (χ4n) is 4.19. The monoisotopic (exact) mass is 576 g/mol. The first kappa shape index (κ1) is 31.3. The second-order valence-electron chi connectivity index (χ2n) is 9.04. The summed E-state index contributed by atoms with van der Waals surface area (Å²) in [5.41, 5.74) is 8.55. The maximum Gasteiger partial charge on any atom is 0.364 e. The van der Waals surface area contributed by atoms with Gasteiger partial charge in [-0.1, -0.05) is 5.11 Å². The van der Waals surface area contributed by atoms with Gasteiger partial charge in [-0.2, -0.15) is 0 Å². The number of carboxylic acids is 1. The molecule has 40 heavy (non-hydrogen) atoms. The number of non-ortho nitro benzene ring substituents is 1. The maximum absolute atomic E-state index is 12.2. The molecule has 2 aliphatic heterocycles. The van der Waals surface area contributed by atoms with Crippen molar-refractivity contribution in [3.8, 4) is 5.75 Å². The van der Waals surface area contributed by atoms with Crippen LogP contribution in [0.25, 0.3) is 10.4 Å². The van der Waals surface area contributed by atoms with Gasteiger partial charge in [-0.3, -0.25) is 10.1 Å². The fraction of sp³-hybridized carbons (Fsp3) is 0.667. The second kappa shape index (κ2) is 13.0. The first-order valence-corrected chi connectivity index (χ1v) is 11.7. The predicted molar refractivity (Wildman–Crippen MR) is 124 cm³/mol. The van der Waals surface area contributed by atoms with Crippen LogP contribution in [0.1, 0.15) is 6.42 Å². The van der Waals surface area contributed by atoms with Gasteiger partial charge in [-0.25, -0.2) is 4.79 Å². The molecule has 2 fully saturated rings. The van der Waals surface area contributed by atoms with Crippen LogP contribution < -0.4 is 4.74 Å². The number of benzene rings is 1. The number of carbonyl (C=O) groups is 1. The molecule has 2 aliphatic rings. The summed E-state index contributed by atoms with van der Waals surface area (Å²) < 4.78 is 21.6. The molecule has 11 atom stereocenters. The van der Waals surface area contributed by atoms with Gasteiger partial charge in [0.15, 0.2) is 0 Å². The van der Waals surface area contributed by atoms with E-state index in [4.69, 9.17) is 29.6 Å². The van der Waals surface area contributed by atoms with Crippen molar-refractivity contribution >= 4 is 11.7 Å². The molecular formula is C21H28N4O15. The van der Waals surface area contributed by atoms with Crippen LogP contribution in [-0.2, 0) is 19.0 Å². The summed E-state index contributed by atoms with van der Waals surface area (Å²) in [6.45, 7) is -1.87. The average molecular weight is 576 g/mol.